The van der Waals surface area contributed by atoms with E-state index in [-0.39, 0.29) is 12.2 Å². The van der Waals surface area contributed by atoms with Crippen molar-refractivity contribution in [1.29, 1.82) is 10.5 Å². The van der Waals surface area contributed by atoms with Gasteiger partial charge in [-0.05, 0) is 6.08 Å². The van der Waals surface area contributed by atoms with Crippen molar-refractivity contribution >= 4 is 23.4 Å². The number of hydrogen-bond donors (Lipinski definition) is 0. The minimum atomic E-state index is -0.700. The van der Waals surface area contributed by atoms with Crippen molar-refractivity contribution in [2.75, 3.05) is 6.61 Å². The Bertz CT molecular complexity index is 477. The van der Waals surface area contributed by atoms with E-state index in [1.165, 1.54) is 12.1 Å². The molecule has 0 radical (unpaired) electrons. The highest BCUT2D eigenvalue weighted by Crippen LogP contribution is 2.18. The fourth-order valence-corrected chi connectivity index (χ4v) is 1.19. The van der Waals surface area contributed by atoms with E-state index in [0.717, 1.165) is 6.08 Å². The zero-order valence-electron chi connectivity index (χ0n) is 7.28. The van der Waals surface area contributed by atoms with E-state index >= 15 is 0 Å². The minimum Gasteiger partial charge on any atom is -0.288 e. The van der Waals surface area contributed by atoms with Gasteiger partial charge in [0, 0.05) is 5.57 Å². The standard InChI is InChI=1S/C9H3ClN2O3/c10-15-4-5-1-8(13)6(2-11)7(3-12)9(5)14/h1H,4H2. The first-order chi connectivity index (χ1) is 7.15. The summed E-state index contributed by atoms with van der Waals surface area (Å²) in [6, 6.07) is 3.04. The van der Waals surface area contributed by atoms with Gasteiger partial charge in [0.25, 0.3) is 0 Å². The molecule has 0 aliphatic heterocycles. The summed E-state index contributed by atoms with van der Waals surface area (Å²) in [5.41, 5.74) is -0.944. The van der Waals surface area contributed by atoms with Crippen molar-refractivity contribution < 1.29 is 13.9 Å². The molecule has 0 bridgehead atoms. The van der Waals surface area contributed by atoms with Gasteiger partial charge in [-0.1, -0.05) is 0 Å². The van der Waals surface area contributed by atoms with Crippen LogP contribution in [-0.2, 0) is 13.9 Å². The van der Waals surface area contributed by atoms with E-state index in [1.54, 1.807) is 0 Å². The van der Waals surface area contributed by atoms with Gasteiger partial charge in [-0.25, -0.2) is 0 Å². The van der Waals surface area contributed by atoms with Gasteiger partial charge in [0.1, 0.15) is 23.3 Å². The predicted molar refractivity (Wildman–Crippen MR) is 48.2 cm³/mol. The van der Waals surface area contributed by atoms with Gasteiger partial charge in [-0.2, -0.15) is 10.5 Å². The molecule has 6 heteroatoms. The van der Waals surface area contributed by atoms with Crippen molar-refractivity contribution in [3.8, 4) is 12.1 Å². The number of carbonyl (C=O) groups excluding carboxylic acids is 2. The van der Waals surface area contributed by atoms with Gasteiger partial charge in [0.05, 0.1) is 18.5 Å². The number of nitrogens with zero attached hydrogens (tertiary/aromatic N) is 2. The van der Waals surface area contributed by atoms with Crippen molar-refractivity contribution in [2.24, 2.45) is 0 Å². The van der Waals surface area contributed by atoms with Crippen LogP contribution in [-0.4, -0.2) is 18.2 Å². The fraction of sp³-hybridized carbons (Fsp3) is 0.111. The van der Waals surface area contributed by atoms with Crippen LogP contribution in [0.4, 0.5) is 0 Å². The van der Waals surface area contributed by atoms with Crippen LogP contribution < -0.4 is 0 Å². The molecule has 0 aromatic rings. The number of Topliss-reactive ketones (excluding diaryl/α,β-unsaturated/α-hetero) is 1. The first-order valence-corrected chi connectivity index (χ1v) is 4.04. The van der Waals surface area contributed by atoms with E-state index in [0.29, 0.717) is 0 Å². The number of carbonyl (C=O) groups is 2. The summed E-state index contributed by atoms with van der Waals surface area (Å²) >= 11 is 4.94. The maximum atomic E-state index is 11.5. The highest BCUT2D eigenvalue weighted by molar-refractivity contribution is 6.26. The second-order valence-electron chi connectivity index (χ2n) is 2.59. The molecule has 15 heavy (non-hydrogen) atoms. The Kier molecular flexibility index (Phi) is 3.35. The lowest BCUT2D eigenvalue weighted by Gasteiger charge is -2.08. The maximum Gasteiger partial charge on any atom is 0.203 e. The lowest BCUT2D eigenvalue weighted by molar-refractivity contribution is -0.115. The third kappa shape index (κ3) is 1.94. The molecule has 0 heterocycles. The largest absolute Gasteiger partial charge is 0.288 e. The normalized spacial score (nSPS) is 15.8. The minimum absolute atomic E-state index is 0.0365. The van der Waals surface area contributed by atoms with Gasteiger partial charge in [-0.3, -0.25) is 13.9 Å². The van der Waals surface area contributed by atoms with Gasteiger partial charge in [0.15, 0.2) is 5.78 Å². The molecule has 5 nitrogen and oxygen atoms in total. The molecule has 0 saturated heterocycles. The molecule has 0 amide bonds. The quantitative estimate of drug-likeness (QED) is 0.638. The van der Waals surface area contributed by atoms with E-state index in [1.807, 2.05) is 0 Å². The predicted octanol–water partition coefficient (Wildman–Crippen LogP) is 0.579. The van der Waals surface area contributed by atoms with Crippen molar-refractivity contribution in [3.63, 3.8) is 0 Å². The second-order valence-corrected chi connectivity index (χ2v) is 2.81. The summed E-state index contributed by atoms with van der Waals surface area (Å²) in [7, 11) is 0. The summed E-state index contributed by atoms with van der Waals surface area (Å²) in [6.45, 7) is -0.282. The Morgan fingerprint density at radius 2 is 1.87 bits per heavy atom. The number of rotatable bonds is 2. The van der Waals surface area contributed by atoms with Crippen LogP contribution in [0, 0.1) is 22.7 Å². The number of hydrogen-bond acceptors (Lipinski definition) is 5. The van der Waals surface area contributed by atoms with E-state index in [2.05, 4.69) is 4.29 Å². The van der Waals surface area contributed by atoms with Crippen LogP contribution in [0.5, 0.6) is 0 Å². The third-order valence-electron chi connectivity index (χ3n) is 1.75. The van der Waals surface area contributed by atoms with Gasteiger partial charge < -0.3 is 0 Å². The van der Waals surface area contributed by atoms with E-state index < -0.39 is 22.7 Å². The van der Waals surface area contributed by atoms with E-state index in [4.69, 9.17) is 22.4 Å². The smallest absolute Gasteiger partial charge is 0.203 e. The van der Waals surface area contributed by atoms with Gasteiger partial charge >= 0.3 is 0 Å². The van der Waals surface area contributed by atoms with Crippen molar-refractivity contribution in [2.45, 2.75) is 0 Å². The van der Waals surface area contributed by atoms with Crippen LogP contribution >= 0.6 is 11.9 Å². The van der Waals surface area contributed by atoms with Crippen LogP contribution in [0.2, 0.25) is 0 Å². The molecule has 74 valence electrons. The Morgan fingerprint density at radius 1 is 1.27 bits per heavy atom. The van der Waals surface area contributed by atoms with Crippen LogP contribution in [0.3, 0.4) is 0 Å². The van der Waals surface area contributed by atoms with E-state index in [9.17, 15) is 9.59 Å². The highest BCUT2D eigenvalue weighted by atomic mass is 35.5. The fourth-order valence-electron chi connectivity index (χ4n) is 1.08. The Balaban J connectivity index is 3.23. The molecule has 0 N–H and O–H groups in total. The first-order valence-electron chi connectivity index (χ1n) is 3.73. The van der Waals surface area contributed by atoms with Crippen LogP contribution in [0.25, 0.3) is 0 Å². The molecular formula is C9H3ClN2O3. The van der Waals surface area contributed by atoms with Crippen LogP contribution in [0.15, 0.2) is 22.8 Å². The van der Waals surface area contributed by atoms with Crippen molar-refractivity contribution in [3.05, 3.63) is 22.8 Å². The molecule has 1 aliphatic carbocycles. The summed E-state index contributed by atoms with van der Waals surface area (Å²) in [6.07, 6.45) is 0.949. The number of nitriles is 2. The van der Waals surface area contributed by atoms with Crippen LogP contribution in [0.1, 0.15) is 0 Å². The van der Waals surface area contributed by atoms with Crippen molar-refractivity contribution in [1.82, 2.24) is 0 Å². The molecule has 0 aromatic heterocycles. The molecule has 1 aliphatic rings. The lowest BCUT2D eigenvalue weighted by Crippen LogP contribution is -2.20. The monoisotopic (exact) mass is 222 g/mol. The Labute approximate surface area is 90.0 Å². The highest BCUT2D eigenvalue weighted by Gasteiger charge is 2.28. The molecule has 0 spiro atoms. The lowest BCUT2D eigenvalue weighted by atomic mass is 9.91. The third-order valence-corrected chi connectivity index (χ3v) is 1.86. The second kappa shape index (κ2) is 4.52. The summed E-state index contributed by atoms with van der Waals surface area (Å²) in [5, 5.41) is 17.2. The SMILES string of the molecule is N#CC1=C(C#N)C(=O)C(COCl)=CC1=O. The van der Waals surface area contributed by atoms with Gasteiger partial charge in [-0.15, -0.1) is 0 Å². The molecule has 1 rings (SSSR count). The number of halogens is 1. The molecule has 0 unspecified atom stereocenters. The molecule has 0 aromatic carbocycles. The topological polar surface area (TPSA) is 91.0 Å². The summed E-state index contributed by atoms with van der Waals surface area (Å²) < 4.78 is 4.18. The average Bonchev–Trinajstić information content (AvgIpc) is 2.22. The zero-order valence-corrected chi connectivity index (χ0v) is 8.04. The number of allylic oxidation sites excluding steroid dienone is 3. The molecule has 0 saturated carbocycles. The zero-order chi connectivity index (χ0) is 11.4. The molecule has 0 atom stereocenters. The average molecular weight is 223 g/mol. The first kappa shape index (κ1) is 11.1. The summed E-state index contributed by atoms with van der Waals surface area (Å²) in [5.74, 6) is -1.38. The summed E-state index contributed by atoms with van der Waals surface area (Å²) in [4.78, 5) is 22.7. The maximum absolute atomic E-state index is 11.5. The van der Waals surface area contributed by atoms with Gasteiger partial charge in [0.2, 0.25) is 5.78 Å². The number of ketones is 2. The Morgan fingerprint density at radius 3 is 2.33 bits per heavy atom. The Hall–Kier alpha value is -1.95. The molecular weight excluding hydrogens is 220 g/mol. The molecule has 0 fully saturated rings.